The van der Waals surface area contributed by atoms with Gasteiger partial charge in [0.1, 0.15) is 19.2 Å². The molecule has 1 saturated heterocycles. The number of hydrogen-bond donors (Lipinski definition) is 0. The summed E-state index contributed by atoms with van der Waals surface area (Å²) in [5.41, 5.74) is 0. The van der Waals surface area contributed by atoms with Crippen molar-refractivity contribution >= 4 is 0 Å². The Balaban J connectivity index is 2.59. The van der Waals surface area contributed by atoms with Crippen LogP contribution in [0.3, 0.4) is 0 Å². The predicted molar refractivity (Wildman–Crippen MR) is 51.0 cm³/mol. The second-order valence-corrected chi connectivity index (χ2v) is 3.97. The van der Waals surface area contributed by atoms with Gasteiger partial charge in [-0.1, -0.05) is 6.92 Å². The fourth-order valence-corrected chi connectivity index (χ4v) is 1.86. The van der Waals surface area contributed by atoms with Crippen LogP contribution in [0.25, 0.3) is 0 Å². The van der Waals surface area contributed by atoms with Gasteiger partial charge in [-0.2, -0.15) is 5.26 Å². The SMILES string of the molecule is CCCC(C#N)[N+]1(C)CCOCC1. The molecule has 1 aliphatic rings. The van der Waals surface area contributed by atoms with Crippen LogP contribution in [0, 0.1) is 11.3 Å². The summed E-state index contributed by atoms with van der Waals surface area (Å²) in [6.45, 7) is 5.71. The summed E-state index contributed by atoms with van der Waals surface area (Å²) in [5.74, 6) is 0. The maximum atomic E-state index is 9.07. The highest BCUT2D eigenvalue weighted by Gasteiger charge is 2.33. The van der Waals surface area contributed by atoms with E-state index in [0.29, 0.717) is 0 Å². The van der Waals surface area contributed by atoms with Crippen LogP contribution in [-0.4, -0.2) is 43.9 Å². The third-order valence-corrected chi connectivity index (χ3v) is 2.96. The van der Waals surface area contributed by atoms with E-state index in [1.54, 1.807) is 0 Å². The highest BCUT2D eigenvalue weighted by Crippen LogP contribution is 2.17. The van der Waals surface area contributed by atoms with Crippen molar-refractivity contribution in [3.63, 3.8) is 0 Å². The van der Waals surface area contributed by atoms with Gasteiger partial charge in [-0.3, -0.25) is 0 Å². The average Bonchev–Trinajstić information content (AvgIpc) is 2.15. The molecule has 0 aliphatic carbocycles. The molecular formula is C10H19N2O+. The quantitative estimate of drug-likeness (QED) is 0.615. The van der Waals surface area contributed by atoms with Crippen molar-refractivity contribution in [1.29, 1.82) is 5.26 Å². The lowest BCUT2D eigenvalue weighted by Crippen LogP contribution is -2.57. The molecule has 0 saturated carbocycles. The van der Waals surface area contributed by atoms with Crippen LogP contribution in [0.1, 0.15) is 19.8 Å². The van der Waals surface area contributed by atoms with E-state index < -0.39 is 0 Å². The molecular weight excluding hydrogens is 164 g/mol. The number of nitriles is 1. The van der Waals surface area contributed by atoms with E-state index in [0.717, 1.165) is 43.6 Å². The molecule has 0 radical (unpaired) electrons. The molecule has 0 aromatic rings. The zero-order valence-electron chi connectivity index (χ0n) is 8.62. The number of ether oxygens (including phenoxy) is 1. The zero-order valence-corrected chi connectivity index (χ0v) is 8.62. The molecule has 0 aromatic carbocycles. The Morgan fingerprint density at radius 3 is 2.54 bits per heavy atom. The molecule has 0 bridgehead atoms. The molecule has 0 N–H and O–H groups in total. The predicted octanol–water partition coefficient (Wildman–Crippen LogP) is 1.16. The number of quaternary nitrogens is 1. The molecule has 1 aliphatic heterocycles. The number of hydrogen-bond acceptors (Lipinski definition) is 2. The van der Waals surface area contributed by atoms with Gasteiger partial charge >= 0.3 is 0 Å². The first kappa shape index (κ1) is 10.5. The van der Waals surface area contributed by atoms with Crippen molar-refractivity contribution in [2.24, 2.45) is 0 Å². The molecule has 3 nitrogen and oxygen atoms in total. The van der Waals surface area contributed by atoms with E-state index in [9.17, 15) is 0 Å². The summed E-state index contributed by atoms with van der Waals surface area (Å²) in [6, 6.07) is 2.59. The Morgan fingerprint density at radius 2 is 2.08 bits per heavy atom. The van der Waals surface area contributed by atoms with Crippen molar-refractivity contribution in [2.45, 2.75) is 25.8 Å². The lowest BCUT2D eigenvalue weighted by Gasteiger charge is -2.40. The van der Waals surface area contributed by atoms with E-state index in [2.05, 4.69) is 20.0 Å². The molecule has 1 unspecified atom stereocenters. The second kappa shape index (κ2) is 4.59. The highest BCUT2D eigenvalue weighted by molar-refractivity contribution is 4.84. The lowest BCUT2D eigenvalue weighted by atomic mass is 10.1. The third-order valence-electron chi connectivity index (χ3n) is 2.96. The molecule has 1 fully saturated rings. The van der Waals surface area contributed by atoms with Crippen LogP contribution in [0.4, 0.5) is 0 Å². The van der Waals surface area contributed by atoms with Crippen LogP contribution in [0.5, 0.6) is 0 Å². The van der Waals surface area contributed by atoms with Crippen molar-refractivity contribution in [2.75, 3.05) is 33.4 Å². The number of morpholine rings is 1. The van der Waals surface area contributed by atoms with Crippen LogP contribution in [0.15, 0.2) is 0 Å². The van der Waals surface area contributed by atoms with Crippen LogP contribution in [-0.2, 0) is 4.74 Å². The molecule has 1 atom stereocenters. The average molecular weight is 183 g/mol. The van der Waals surface area contributed by atoms with Gasteiger partial charge in [-0.15, -0.1) is 0 Å². The minimum atomic E-state index is 0.161. The largest absolute Gasteiger partial charge is 0.370 e. The fraction of sp³-hybridized carbons (Fsp3) is 0.900. The first-order chi connectivity index (χ1) is 6.23. The second-order valence-electron chi connectivity index (χ2n) is 3.97. The van der Waals surface area contributed by atoms with Gasteiger partial charge in [-0.25, -0.2) is 0 Å². The Hall–Kier alpha value is -0.590. The minimum Gasteiger partial charge on any atom is -0.370 e. The molecule has 3 heteroatoms. The van der Waals surface area contributed by atoms with Crippen molar-refractivity contribution < 1.29 is 9.22 Å². The van der Waals surface area contributed by atoms with E-state index in [1.807, 2.05) is 0 Å². The topological polar surface area (TPSA) is 33.0 Å². The monoisotopic (exact) mass is 183 g/mol. The maximum Gasteiger partial charge on any atom is 0.176 e. The van der Waals surface area contributed by atoms with E-state index in [4.69, 9.17) is 10.00 Å². The first-order valence-corrected chi connectivity index (χ1v) is 5.04. The maximum absolute atomic E-state index is 9.07. The molecule has 1 heterocycles. The molecule has 74 valence electrons. The zero-order chi connectivity index (χ0) is 9.73. The molecule has 1 rings (SSSR count). The van der Waals surface area contributed by atoms with Gasteiger partial charge in [0.25, 0.3) is 0 Å². The summed E-state index contributed by atoms with van der Waals surface area (Å²) in [5, 5.41) is 9.07. The molecule has 0 spiro atoms. The van der Waals surface area contributed by atoms with Gasteiger partial charge in [0, 0.05) is 6.42 Å². The number of rotatable bonds is 3. The minimum absolute atomic E-state index is 0.161. The van der Waals surface area contributed by atoms with E-state index in [-0.39, 0.29) is 6.04 Å². The summed E-state index contributed by atoms with van der Waals surface area (Å²) < 4.78 is 6.19. The van der Waals surface area contributed by atoms with E-state index in [1.165, 1.54) is 0 Å². The highest BCUT2D eigenvalue weighted by atomic mass is 16.5. The number of likely N-dealkylation sites (N-methyl/N-ethyl adjacent to an activating group) is 1. The Kier molecular flexibility index (Phi) is 3.71. The van der Waals surface area contributed by atoms with Crippen LogP contribution < -0.4 is 0 Å². The van der Waals surface area contributed by atoms with Crippen molar-refractivity contribution in [3.8, 4) is 6.07 Å². The summed E-state index contributed by atoms with van der Waals surface area (Å²) in [6.07, 6.45) is 2.10. The number of nitrogens with zero attached hydrogens (tertiary/aromatic N) is 2. The Morgan fingerprint density at radius 1 is 1.46 bits per heavy atom. The third kappa shape index (κ3) is 2.43. The summed E-state index contributed by atoms with van der Waals surface area (Å²) >= 11 is 0. The van der Waals surface area contributed by atoms with Gasteiger partial charge < -0.3 is 9.22 Å². The Labute approximate surface area is 80.5 Å². The summed E-state index contributed by atoms with van der Waals surface area (Å²) in [4.78, 5) is 0. The smallest absolute Gasteiger partial charge is 0.176 e. The Bertz CT molecular complexity index is 192. The van der Waals surface area contributed by atoms with Gasteiger partial charge in [0.05, 0.1) is 20.3 Å². The lowest BCUT2D eigenvalue weighted by molar-refractivity contribution is -0.933. The molecule has 0 amide bonds. The van der Waals surface area contributed by atoms with Crippen LogP contribution in [0.2, 0.25) is 0 Å². The molecule has 0 aromatic heterocycles. The van der Waals surface area contributed by atoms with Crippen molar-refractivity contribution in [3.05, 3.63) is 0 Å². The van der Waals surface area contributed by atoms with E-state index >= 15 is 0 Å². The normalized spacial score (nSPS) is 23.5. The first-order valence-electron chi connectivity index (χ1n) is 5.04. The molecule has 13 heavy (non-hydrogen) atoms. The van der Waals surface area contributed by atoms with Gasteiger partial charge in [-0.05, 0) is 6.42 Å². The van der Waals surface area contributed by atoms with Gasteiger partial charge in [0.2, 0.25) is 0 Å². The fourth-order valence-electron chi connectivity index (χ4n) is 1.86. The van der Waals surface area contributed by atoms with Crippen molar-refractivity contribution in [1.82, 2.24) is 0 Å². The van der Waals surface area contributed by atoms with Crippen LogP contribution >= 0.6 is 0 Å². The van der Waals surface area contributed by atoms with Gasteiger partial charge in [0.15, 0.2) is 6.04 Å². The standard InChI is InChI=1S/C10H19N2O/c1-3-4-10(9-11)12(2)5-7-13-8-6-12/h10H,3-8H2,1-2H3/q+1. The summed E-state index contributed by atoms with van der Waals surface area (Å²) in [7, 11) is 2.17.